The van der Waals surface area contributed by atoms with Gasteiger partial charge in [0, 0.05) is 11.8 Å². The van der Waals surface area contributed by atoms with Crippen molar-refractivity contribution in [2.24, 2.45) is 0 Å². The third-order valence-corrected chi connectivity index (χ3v) is 2.64. The van der Waals surface area contributed by atoms with Gasteiger partial charge >= 0.3 is 0 Å². The zero-order valence-electron chi connectivity index (χ0n) is 9.72. The summed E-state index contributed by atoms with van der Waals surface area (Å²) in [6, 6.07) is 6.93. The van der Waals surface area contributed by atoms with Gasteiger partial charge in [-0.25, -0.2) is 0 Å². The van der Waals surface area contributed by atoms with Crippen molar-refractivity contribution in [3.63, 3.8) is 0 Å². The van der Waals surface area contributed by atoms with Crippen molar-refractivity contribution in [2.75, 3.05) is 25.4 Å². The van der Waals surface area contributed by atoms with Gasteiger partial charge in [-0.2, -0.15) is 0 Å². The summed E-state index contributed by atoms with van der Waals surface area (Å²) >= 11 is 0. The number of nitrogens with zero attached hydrogens (tertiary/aromatic N) is 1. The topological polar surface area (TPSA) is 75.8 Å². The smallest absolute Gasteiger partial charge is 0.260 e. The summed E-state index contributed by atoms with van der Waals surface area (Å²) in [5.74, 6) is 0.449. The first-order chi connectivity index (χ1) is 7.96. The van der Waals surface area contributed by atoms with Gasteiger partial charge in [-0.3, -0.25) is 4.79 Å². The van der Waals surface area contributed by atoms with Crippen LogP contribution in [-0.2, 0) is 4.79 Å². The Morgan fingerprint density at radius 2 is 2.29 bits per heavy atom. The highest BCUT2D eigenvalue weighted by Gasteiger charge is 2.39. The molecule has 0 spiro atoms. The van der Waals surface area contributed by atoms with Crippen molar-refractivity contribution < 1.29 is 14.6 Å². The van der Waals surface area contributed by atoms with Crippen LogP contribution in [-0.4, -0.2) is 41.2 Å². The summed E-state index contributed by atoms with van der Waals surface area (Å²) < 4.78 is 5.32. The summed E-state index contributed by atoms with van der Waals surface area (Å²) in [4.78, 5) is 13.2. The van der Waals surface area contributed by atoms with Crippen LogP contribution in [0.25, 0.3) is 0 Å². The maximum absolute atomic E-state index is 11.6. The first-order valence-electron chi connectivity index (χ1n) is 5.45. The van der Waals surface area contributed by atoms with Crippen LogP contribution in [0.1, 0.15) is 6.92 Å². The number of aliphatic hydroxyl groups is 1. The number of hydrogen-bond donors (Lipinski definition) is 2. The van der Waals surface area contributed by atoms with E-state index in [0.717, 1.165) is 0 Å². The van der Waals surface area contributed by atoms with Crippen LogP contribution in [0.15, 0.2) is 24.3 Å². The molecular formula is C12H16N2O3. The second-order valence-electron chi connectivity index (χ2n) is 4.61. The molecule has 0 aliphatic carbocycles. The molecule has 17 heavy (non-hydrogen) atoms. The Hall–Kier alpha value is -1.75. The minimum Gasteiger partial charge on any atom is -0.484 e. The molecule has 0 saturated carbocycles. The number of amides is 1. The maximum atomic E-state index is 11.6. The summed E-state index contributed by atoms with van der Waals surface area (Å²) in [5, 5.41) is 9.50. The van der Waals surface area contributed by atoms with E-state index in [-0.39, 0.29) is 12.5 Å². The van der Waals surface area contributed by atoms with Crippen molar-refractivity contribution in [3.05, 3.63) is 24.3 Å². The fraction of sp³-hybridized carbons (Fsp3) is 0.417. The lowest BCUT2D eigenvalue weighted by atomic mass is 9.97. The van der Waals surface area contributed by atoms with Gasteiger partial charge in [-0.1, -0.05) is 6.07 Å². The van der Waals surface area contributed by atoms with Gasteiger partial charge < -0.3 is 20.5 Å². The highest BCUT2D eigenvalue weighted by Crippen LogP contribution is 2.20. The van der Waals surface area contributed by atoms with Crippen LogP contribution in [0.2, 0.25) is 0 Å². The van der Waals surface area contributed by atoms with Crippen molar-refractivity contribution in [3.8, 4) is 5.75 Å². The highest BCUT2D eigenvalue weighted by molar-refractivity contribution is 5.79. The van der Waals surface area contributed by atoms with Crippen molar-refractivity contribution >= 4 is 11.6 Å². The Morgan fingerprint density at radius 1 is 1.59 bits per heavy atom. The van der Waals surface area contributed by atoms with E-state index in [4.69, 9.17) is 10.5 Å². The molecule has 5 heteroatoms. The van der Waals surface area contributed by atoms with Gasteiger partial charge in [-0.05, 0) is 19.1 Å². The van der Waals surface area contributed by atoms with Crippen LogP contribution in [0.4, 0.5) is 5.69 Å². The molecule has 1 aromatic carbocycles. The third-order valence-electron chi connectivity index (χ3n) is 2.64. The van der Waals surface area contributed by atoms with Gasteiger partial charge in [0.15, 0.2) is 6.61 Å². The number of nitrogens with two attached hydrogens (primary N) is 1. The first-order valence-corrected chi connectivity index (χ1v) is 5.45. The minimum atomic E-state index is -0.743. The molecule has 2 rings (SSSR count). The Balaban J connectivity index is 1.81. The molecule has 3 N–H and O–H groups in total. The minimum absolute atomic E-state index is 0.0282. The van der Waals surface area contributed by atoms with Crippen molar-refractivity contribution in [2.45, 2.75) is 12.5 Å². The number of benzene rings is 1. The predicted octanol–water partition coefficient (Wildman–Crippen LogP) is 0.241. The molecule has 92 valence electrons. The number of anilines is 1. The number of β-amino-alcohol motifs (C(OH)–C–C–N with tert-alkyl or cyclic N) is 1. The zero-order valence-corrected chi connectivity index (χ0v) is 9.72. The molecule has 0 aromatic heterocycles. The Labute approximate surface area is 99.8 Å². The molecule has 0 unspecified atom stereocenters. The molecule has 1 aromatic rings. The molecule has 1 aliphatic heterocycles. The molecule has 1 heterocycles. The molecule has 1 amide bonds. The summed E-state index contributed by atoms with van der Waals surface area (Å²) in [5.41, 5.74) is 5.44. The lowest BCUT2D eigenvalue weighted by Gasteiger charge is -2.43. The highest BCUT2D eigenvalue weighted by atomic mass is 16.5. The number of nitrogen functional groups attached to an aromatic ring is 1. The zero-order chi connectivity index (χ0) is 12.5. The second kappa shape index (κ2) is 4.25. The second-order valence-corrected chi connectivity index (χ2v) is 4.61. The van der Waals surface area contributed by atoms with Crippen molar-refractivity contribution in [1.29, 1.82) is 0 Å². The molecule has 1 fully saturated rings. The standard InChI is InChI=1S/C12H16N2O3/c1-12(16)7-14(8-12)11(15)6-17-10-4-2-3-9(13)5-10/h2-5,16H,6-8,13H2,1H3. The van der Waals surface area contributed by atoms with Crippen LogP contribution in [0.5, 0.6) is 5.75 Å². The number of hydrogen-bond acceptors (Lipinski definition) is 4. The molecular weight excluding hydrogens is 220 g/mol. The van der Waals surface area contributed by atoms with E-state index in [1.54, 1.807) is 36.1 Å². The lowest BCUT2D eigenvalue weighted by Crippen LogP contribution is -2.62. The van der Waals surface area contributed by atoms with Crippen LogP contribution in [0, 0.1) is 0 Å². The number of rotatable bonds is 3. The maximum Gasteiger partial charge on any atom is 0.260 e. The Kier molecular flexibility index (Phi) is 2.93. The molecule has 1 aliphatic rings. The van der Waals surface area contributed by atoms with Gasteiger partial charge in [0.25, 0.3) is 5.91 Å². The lowest BCUT2D eigenvalue weighted by molar-refractivity contribution is -0.154. The van der Waals surface area contributed by atoms with Crippen LogP contribution >= 0.6 is 0 Å². The summed E-state index contributed by atoms with van der Waals surface area (Å²) in [6.07, 6.45) is 0. The average Bonchev–Trinajstić information content (AvgIpc) is 2.22. The quantitative estimate of drug-likeness (QED) is 0.737. The molecule has 5 nitrogen and oxygen atoms in total. The molecule has 0 atom stereocenters. The van der Waals surface area contributed by atoms with E-state index in [0.29, 0.717) is 24.5 Å². The van der Waals surface area contributed by atoms with E-state index >= 15 is 0 Å². The molecule has 1 saturated heterocycles. The van der Waals surface area contributed by atoms with Crippen LogP contribution < -0.4 is 10.5 Å². The number of carbonyl (C=O) groups is 1. The normalized spacial score (nSPS) is 17.4. The van der Waals surface area contributed by atoms with E-state index in [1.165, 1.54) is 0 Å². The number of ether oxygens (including phenoxy) is 1. The summed E-state index contributed by atoms with van der Waals surface area (Å²) in [7, 11) is 0. The van der Waals surface area contributed by atoms with E-state index in [9.17, 15) is 9.90 Å². The molecule has 0 bridgehead atoms. The number of likely N-dealkylation sites (tertiary alicyclic amines) is 1. The fourth-order valence-corrected chi connectivity index (χ4v) is 1.79. The largest absolute Gasteiger partial charge is 0.484 e. The van der Waals surface area contributed by atoms with Crippen molar-refractivity contribution in [1.82, 2.24) is 4.90 Å². The van der Waals surface area contributed by atoms with E-state index in [2.05, 4.69) is 0 Å². The van der Waals surface area contributed by atoms with Gasteiger partial charge in [0.2, 0.25) is 0 Å². The predicted molar refractivity (Wildman–Crippen MR) is 63.6 cm³/mol. The molecule has 0 radical (unpaired) electrons. The van der Waals surface area contributed by atoms with Gasteiger partial charge in [0.05, 0.1) is 18.7 Å². The number of carbonyl (C=O) groups excluding carboxylic acids is 1. The van der Waals surface area contributed by atoms with E-state index in [1.807, 2.05) is 0 Å². The first kappa shape index (κ1) is 11.7. The monoisotopic (exact) mass is 236 g/mol. The average molecular weight is 236 g/mol. The van der Waals surface area contributed by atoms with Gasteiger partial charge in [-0.15, -0.1) is 0 Å². The fourth-order valence-electron chi connectivity index (χ4n) is 1.79. The van der Waals surface area contributed by atoms with Gasteiger partial charge in [0.1, 0.15) is 5.75 Å². The SMILES string of the molecule is CC1(O)CN(C(=O)COc2cccc(N)c2)C1. The third kappa shape index (κ3) is 2.88. The Bertz CT molecular complexity index is 424. The van der Waals surface area contributed by atoms with Crippen LogP contribution in [0.3, 0.4) is 0 Å². The van der Waals surface area contributed by atoms with E-state index < -0.39 is 5.60 Å². The Morgan fingerprint density at radius 3 is 2.88 bits per heavy atom. The summed E-state index contributed by atoms with van der Waals surface area (Å²) in [6.45, 7) is 2.41.